The molecule has 0 saturated heterocycles. The number of amides is 1. The molecule has 0 atom stereocenters. The first-order chi connectivity index (χ1) is 10.8. The average Bonchev–Trinajstić information content (AvgIpc) is 2.59. The molecule has 0 aromatic heterocycles. The zero-order chi connectivity index (χ0) is 15.4. The van der Waals surface area contributed by atoms with Gasteiger partial charge in [-0.15, -0.1) is 0 Å². The highest BCUT2D eigenvalue weighted by Crippen LogP contribution is 2.22. The number of aryl methyl sites for hydroxylation is 1. The highest BCUT2D eigenvalue weighted by molar-refractivity contribution is 5.94. The van der Waals surface area contributed by atoms with Crippen LogP contribution in [0.5, 0.6) is 5.75 Å². The number of nitrogens with one attached hydrogen (secondary N) is 2. The summed E-state index contributed by atoms with van der Waals surface area (Å²) in [6, 6.07) is 13.6. The molecule has 0 radical (unpaired) electrons. The van der Waals surface area contributed by atoms with E-state index >= 15 is 0 Å². The molecular weight excluding hydrogens is 276 g/mol. The number of carbonyl (C=O) groups excluding carboxylic acids is 1. The van der Waals surface area contributed by atoms with Gasteiger partial charge in [-0.1, -0.05) is 12.1 Å². The molecule has 114 valence electrons. The Labute approximate surface area is 130 Å². The number of rotatable bonds is 4. The summed E-state index contributed by atoms with van der Waals surface area (Å²) in [7, 11) is 1.64. The van der Waals surface area contributed by atoms with Crippen molar-refractivity contribution in [1.82, 2.24) is 5.32 Å². The third-order valence-electron chi connectivity index (χ3n) is 3.92. The Morgan fingerprint density at radius 2 is 2.05 bits per heavy atom. The Hall–Kier alpha value is -2.49. The SMILES string of the molecule is COc1ccc(CNC(=O)c2ccc3c(c2)CCCN3)cc1. The summed E-state index contributed by atoms with van der Waals surface area (Å²) < 4.78 is 5.12. The smallest absolute Gasteiger partial charge is 0.251 e. The van der Waals surface area contributed by atoms with E-state index in [0.717, 1.165) is 42.0 Å². The van der Waals surface area contributed by atoms with Crippen LogP contribution < -0.4 is 15.4 Å². The molecular formula is C18H20N2O2. The highest BCUT2D eigenvalue weighted by atomic mass is 16.5. The third kappa shape index (κ3) is 3.22. The van der Waals surface area contributed by atoms with Crippen molar-refractivity contribution in [3.63, 3.8) is 0 Å². The van der Waals surface area contributed by atoms with Crippen LogP contribution in [-0.4, -0.2) is 19.6 Å². The maximum absolute atomic E-state index is 12.3. The third-order valence-corrected chi connectivity index (χ3v) is 3.92. The van der Waals surface area contributed by atoms with Gasteiger partial charge in [-0.3, -0.25) is 4.79 Å². The number of carbonyl (C=O) groups is 1. The second-order valence-corrected chi connectivity index (χ2v) is 5.43. The number of hydrogen-bond donors (Lipinski definition) is 2. The van der Waals surface area contributed by atoms with E-state index in [-0.39, 0.29) is 5.91 Å². The van der Waals surface area contributed by atoms with Crippen molar-refractivity contribution in [2.24, 2.45) is 0 Å². The first kappa shape index (κ1) is 14.4. The Morgan fingerprint density at radius 1 is 1.23 bits per heavy atom. The van der Waals surface area contributed by atoms with Crippen LogP contribution in [0, 0.1) is 0 Å². The van der Waals surface area contributed by atoms with Crippen LogP contribution in [0.15, 0.2) is 42.5 Å². The van der Waals surface area contributed by atoms with Crippen LogP contribution in [0.1, 0.15) is 27.9 Å². The van der Waals surface area contributed by atoms with Crippen molar-refractivity contribution in [3.05, 3.63) is 59.2 Å². The zero-order valence-corrected chi connectivity index (χ0v) is 12.7. The van der Waals surface area contributed by atoms with Crippen LogP contribution in [0.4, 0.5) is 5.69 Å². The van der Waals surface area contributed by atoms with E-state index in [9.17, 15) is 4.79 Å². The maximum atomic E-state index is 12.3. The number of hydrogen-bond acceptors (Lipinski definition) is 3. The normalized spacial score (nSPS) is 13.0. The summed E-state index contributed by atoms with van der Waals surface area (Å²) in [5, 5.41) is 6.31. The van der Waals surface area contributed by atoms with Gasteiger partial charge >= 0.3 is 0 Å². The monoisotopic (exact) mass is 296 g/mol. The average molecular weight is 296 g/mol. The predicted octanol–water partition coefficient (Wildman–Crippen LogP) is 2.98. The second-order valence-electron chi connectivity index (χ2n) is 5.43. The molecule has 1 aliphatic rings. The van der Waals surface area contributed by atoms with Gasteiger partial charge in [0.05, 0.1) is 7.11 Å². The molecule has 2 N–H and O–H groups in total. The number of ether oxygens (including phenoxy) is 1. The van der Waals surface area contributed by atoms with Gasteiger partial charge < -0.3 is 15.4 Å². The van der Waals surface area contributed by atoms with Gasteiger partial charge in [0.1, 0.15) is 5.75 Å². The van der Waals surface area contributed by atoms with Gasteiger partial charge in [0.15, 0.2) is 0 Å². The van der Waals surface area contributed by atoms with Crippen LogP contribution in [0.2, 0.25) is 0 Å². The first-order valence-electron chi connectivity index (χ1n) is 7.54. The van der Waals surface area contributed by atoms with Crippen LogP contribution in [0.25, 0.3) is 0 Å². The van der Waals surface area contributed by atoms with Gasteiger partial charge in [0.25, 0.3) is 5.91 Å². The lowest BCUT2D eigenvalue weighted by atomic mass is 10.0. The minimum Gasteiger partial charge on any atom is -0.497 e. The van der Waals surface area contributed by atoms with Crippen molar-refractivity contribution >= 4 is 11.6 Å². The molecule has 2 aromatic carbocycles. The molecule has 2 aromatic rings. The first-order valence-corrected chi connectivity index (χ1v) is 7.54. The molecule has 4 heteroatoms. The van der Waals surface area contributed by atoms with Gasteiger partial charge in [-0.2, -0.15) is 0 Å². The predicted molar refractivity (Wildman–Crippen MR) is 87.4 cm³/mol. The highest BCUT2D eigenvalue weighted by Gasteiger charge is 2.12. The summed E-state index contributed by atoms with van der Waals surface area (Å²) in [4.78, 5) is 12.3. The topological polar surface area (TPSA) is 50.4 Å². The number of benzene rings is 2. The number of fused-ring (bicyclic) bond motifs is 1. The number of anilines is 1. The van der Waals surface area contributed by atoms with Crippen LogP contribution in [0.3, 0.4) is 0 Å². The van der Waals surface area contributed by atoms with E-state index in [0.29, 0.717) is 6.54 Å². The standard InChI is InChI=1S/C18H20N2O2/c1-22-16-7-4-13(5-8-16)12-20-18(21)15-6-9-17-14(11-15)3-2-10-19-17/h4-9,11,19H,2-3,10,12H2,1H3,(H,20,21). The lowest BCUT2D eigenvalue weighted by Gasteiger charge is -2.18. The summed E-state index contributed by atoms with van der Waals surface area (Å²) in [5.74, 6) is 0.779. The fraction of sp³-hybridized carbons (Fsp3) is 0.278. The lowest BCUT2D eigenvalue weighted by molar-refractivity contribution is 0.0951. The summed E-state index contributed by atoms with van der Waals surface area (Å²) in [5.41, 5.74) is 4.14. The Morgan fingerprint density at radius 3 is 2.82 bits per heavy atom. The molecule has 0 fully saturated rings. The molecule has 3 rings (SSSR count). The Kier molecular flexibility index (Phi) is 4.28. The van der Waals surface area contributed by atoms with Crippen molar-refractivity contribution in [2.75, 3.05) is 19.0 Å². The Bertz CT molecular complexity index is 665. The van der Waals surface area contributed by atoms with E-state index in [1.54, 1.807) is 7.11 Å². The molecule has 4 nitrogen and oxygen atoms in total. The molecule has 1 heterocycles. The maximum Gasteiger partial charge on any atom is 0.251 e. The van der Waals surface area contributed by atoms with Crippen molar-refractivity contribution in [1.29, 1.82) is 0 Å². The molecule has 0 aliphatic carbocycles. The summed E-state index contributed by atoms with van der Waals surface area (Å²) in [6.07, 6.45) is 2.14. The summed E-state index contributed by atoms with van der Waals surface area (Å²) in [6.45, 7) is 1.52. The van der Waals surface area contributed by atoms with Crippen LogP contribution >= 0.6 is 0 Å². The van der Waals surface area contributed by atoms with E-state index in [4.69, 9.17) is 4.74 Å². The molecule has 0 unspecified atom stereocenters. The lowest BCUT2D eigenvalue weighted by Crippen LogP contribution is -2.23. The van der Waals surface area contributed by atoms with Gasteiger partial charge in [0.2, 0.25) is 0 Å². The molecule has 1 amide bonds. The zero-order valence-electron chi connectivity index (χ0n) is 12.7. The summed E-state index contributed by atoms with van der Waals surface area (Å²) >= 11 is 0. The van der Waals surface area contributed by atoms with Gasteiger partial charge in [0, 0.05) is 24.3 Å². The fourth-order valence-corrected chi connectivity index (χ4v) is 2.64. The second kappa shape index (κ2) is 6.52. The molecule has 0 spiro atoms. The molecule has 22 heavy (non-hydrogen) atoms. The fourth-order valence-electron chi connectivity index (χ4n) is 2.64. The number of methoxy groups -OCH3 is 1. The van der Waals surface area contributed by atoms with Crippen molar-refractivity contribution in [3.8, 4) is 5.75 Å². The van der Waals surface area contributed by atoms with Crippen LogP contribution in [-0.2, 0) is 13.0 Å². The van der Waals surface area contributed by atoms with E-state index in [1.165, 1.54) is 5.56 Å². The van der Waals surface area contributed by atoms with Gasteiger partial charge in [-0.25, -0.2) is 0 Å². The van der Waals surface area contributed by atoms with E-state index < -0.39 is 0 Å². The van der Waals surface area contributed by atoms with E-state index in [2.05, 4.69) is 10.6 Å². The molecule has 1 aliphatic heterocycles. The van der Waals surface area contributed by atoms with E-state index in [1.807, 2.05) is 42.5 Å². The minimum atomic E-state index is -0.0378. The minimum absolute atomic E-state index is 0.0378. The van der Waals surface area contributed by atoms with Crippen molar-refractivity contribution in [2.45, 2.75) is 19.4 Å². The largest absolute Gasteiger partial charge is 0.497 e. The molecule has 0 saturated carbocycles. The van der Waals surface area contributed by atoms with Crippen molar-refractivity contribution < 1.29 is 9.53 Å². The molecule has 0 bridgehead atoms. The quantitative estimate of drug-likeness (QED) is 0.912. The Balaban J connectivity index is 1.64. The van der Waals surface area contributed by atoms with Gasteiger partial charge in [-0.05, 0) is 54.3 Å².